The number of hydrogen-bond acceptors (Lipinski definition) is 2. The van der Waals surface area contributed by atoms with Gasteiger partial charge in [-0.2, -0.15) is 5.11 Å². The fraction of sp³-hybridized carbons (Fsp3) is 0. The second kappa shape index (κ2) is 3.62. The Hall–Kier alpha value is 0.646. The van der Waals surface area contributed by atoms with E-state index < -0.39 is 0 Å². The van der Waals surface area contributed by atoms with Gasteiger partial charge in [0.05, 0.1) is 6.20 Å². The first-order chi connectivity index (χ1) is 2.89. The van der Waals surface area contributed by atoms with E-state index in [9.17, 15) is 4.79 Å². The molecule has 32 valence electrons. The van der Waals surface area contributed by atoms with Crippen LogP contribution < -0.4 is 0 Å². The first-order valence-electron chi connectivity index (χ1n) is 1.51. The summed E-state index contributed by atoms with van der Waals surface area (Å²) >= 11 is 0. The Morgan fingerprint density at radius 2 is 2.29 bits per heavy atom. The van der Waals surface area contributed by atoms with E-state index in [1.54, 1.807) is 0 Å². The molecule has 0 aromatic heterocycles. The van der Waals surface area contributed by atoms with Crippen molar-refractivity contribution in [3.05, 3.63) is 12.3 Å². The summed E-state index contributed by atoms with van der Waals surface area (Å²) in [7, 11) is 0. The maximum atomic E-state index is 9.90. The van der Waals surface area contributed by atoms with Gasteiger partial charge in [0.1, 0.15) is 0 Å². The van der Waals surface area contributed by atoms with Crippen LogP contribution in [0.2, 0.25) is 0 Å². The fourth-order valence-corrected chi connectivity index (χ4v) is 0.221. The van der Waals surface area contributed by atoms with Crippen LogP contribution in [-0.4, -0.2) is 57.3 Å². The monoisotopic (exact) mass is 122 g/mol. The molecule has 0 saturated carbocycles. The third-order valence-corrected chi connectivity index (χ3v) is 0.440. The zero-order chi connectivity index (χ0) is 4.41. The summed E-state index contributed by atoms with van der Waals surface area (Å²) in [6.45, 7) is 0. The molecular formula is C3H3KN2O. The van der Waals surface area contributed by atoms with Crippen molar-refractivity contribution in [2.75, 3.05) is 0 Å². The van der Waals surface area contributed by atoms with E-state index in [1.165, 1.54) is 12.3 Å². The molecule has 1 amide bonds. The molecule has 0 radical (unpaired) electrons. The maximum absolute atomic E-state index is 9.90. The molecule has 0 aliphatic carbocycles. The van der Waals surface area contributed by atoms with E-state index >= 15 is 0 Å². The van der Waals surface area contributed by atoms with Crippen molar-refractivity contribution in [3.8, 4) is 0 Å². The van der Waals surface area contributed by atoms with Gasteiger partial charge < -0.3 is 0 Å². The molecule has 0 unspecified atom stereocenters. The topological polar surface area (TPSA) is 41.8 Å². The summed E-state index contributed by atoms with van der Waals surface area (Å²) in [6, 6.07) is 0. The number of nitrogens with zero attached hydrogens (tertiary/aromatic N) is 2. The summed E-state index contributed by atoms with van der Waals surface area (Å²) in [5.74, 6) is -0.269. The van der Waals surface area contributed by atoms with Gasteiger partial charge in [0.15, 0.2) is 0 Å². The molecule has 0 N–H and O–H groups in total. The van der Waals surface area contributed by atoms with Gasteiger partial charge >= 0.3 is 51.4 Å². The van der Waals surface area contributed by atoms with Gasteiger partial charge in [0, 0.05) is 6.08 Å². The summed E-state index contributed by atoms with van der Waals surface area (Å²) in [4.78, 5) is 9.90. The average molecular weight is 122 g/mol. The van der Waals surface area contributed by atoms with Crippen LogP contribution in [0.4, 0.5) is 0 Å². The molecule has 3 nitrogen and oxygen atoms in total. The second-order valence-electron chi connectivity index (χ2n) is 0.869. The van der Waals surface area contributed by atoms with E-state index in [0.29, 0.717) is 0 Å². The molecule has 0 bridgehead atoms. The molecule has 0 aromatic rings. The first kappa shape index (κ1) is 7.65. The van der Waals surface area contributed by atoms with Gasteiger partial charge in [0.25, 0.3) is 5.91 Å². The predicted octanol–water partition coefficient (Wildman–Crippen LogP) is -0.156. The van der Waals surface area contributed by atoms with E-state index in [2.05, 4.69) is 10.2 Å². The van der Waals surface area contributed by atoms with Crippen molar-refractivity contribution in [3.63, 3.8) is 0 Å². The molecule has 1 heterocycles. The molecule has 0 atom stereocenters. The number of hydrogen-bond donors (Lipinski definition) is 0. The van der Waals surface area contributed by atoms with E-state index in [0.717, 1.165) is 0 Å². The Balaban J connectivity index is 0.000000360. The molecular weight excluding hydrogens is 119 g/mol. The van der Waals surface area contributed by atoms with Crippen molar-refractivity contribution >= 4 is 57.3 Å². The van der Waals surface area contributed by atoms with Gasteiger partial charge in [-0.25, -0.2) is 0 Å². The Morgan fingerprint density at radius 1 is 1.57 bits per heavy atom. The predicted molar refractivity (Wildman–Crippen MR) is 26.2 cm³/mol. The van der Waals surface area contributed by atoms with Crippen molar-refractivity contribution in [2.24, 2.45) is 10.2 Å². The van der Waals surface area contributed by atoms with Crippen molar-refractivity contribution in [2.45, 2.75) is 0 Å². The van der Waals surface area contributed by atoms with Gasteiger partial charge in [-0.3, -0.25) is 4.79 Å². The van der Waals surface area contributed by atoms with Crippen LogP contribution in [0.15, 0.2) is 22.5 Å². The minimum absolute atomic E-state index is 0. The number of amides is 1. The molecule has 0 saturated heterocycles. The number of rotatable bonds is 0. The quantitative estimate of drug-likeness (QED) is 0.412. The van der Waals surface area contributed by atoms with Crippen molar-refractivity contribution in [1.82, 2.24) is 0 Å². The summed E-state index contributed by atoms with van der Waals surface area (Å²) < 4.78 is 0. The summed E-state index contributed by atoms with van der Waals surface area (Å²) in [5.41, 5.74) is 0. The standard InChI is InChI=1S/C3H2N2O.K.H/c6-3-1-2-4-5-3;;/h1-2H;;. The average Bonchev–Trinajstić information content (AvgIpc) is 1.86. The molecule has 0 aromatic carbocycles. The molecule has 7 heavy (non-hydrogen) atoms. The molecule has 1 aliphatic heterocycles. The van der Waals surface area contributed by atoms with Gasteiger partial charge in [-0.05, 0) is 0 Å². The van der Waals surface area contributed by atoms with E-state index in [-0.39, 0.29) is 57.3 Å². The van der Waals surface area contributed by atoms with Crippen LogP contribution in [-0.2, 0) is 4.79 Å². The van der Waals surface area contributed by atoms with Crippen molar-refractivity contribution in [1.29, 1.82) is 0 Å². The van der Waals surface area contributed by atoms with E-state index in [1.807, 2.05) is 0 Å². The molecule has 1 aliphatic rings. The Morgan fingerprint density at radius 3 is 2.43 bits per heavy atom. The summed E-state index contributed by atoms with van der Waals surface area (Å²) in [6.07, 6.45) is 2.67. The molecule has 1 rings (SSSR count). The third-order valence-electron chi connectivity index (χ3n) is 0.440. The Kier molecular flexibility index (Phi) is 3.96. The first-order valence-corrected chi connectivity index (χ1v) is 1.51. The fourth-order valence-electron chi connectivity index (χ4n) is 0.221. The number of azo groups is 1. The summed E-state index contributed by atoms with van der Waals surface area (Å²) in [5, 5.41) is 6.37. The Bertz CT molecular complexity index is 115. The Labute approximate surface area is 83.3 Å². The van der Waals surface area contributed by atoms with Gasteiger partial charge in [-0.15, -0.1) is 5.11 Å². The third kappa shape index (κ3) is 2.45. The molecule has 0 spiro atoms. The number of carbonyl (C=O) groups excluding carboxylic acids is 1. The van der Waals surface area contributed by atoms with Crippen LogP contribution in [0.1, 0.15) is 0 Å². The minimum atomic E-state index is -0.269. The van der Waals surface area contributed by atoms with Crippen molar-refractivity contribution < 1.29 is 4.79 Å². The van der Waals surface area contributed by atoms with Crippen LogP contribution in [0.25, 0.3) is 0 Å². The van der Waals surface area contributed by atoms with Crippen LogP contribution in [0.5, 0.6) is 0 Å². The zero-order valence-corrected chi connectivity index (χ0v) is 2.96. The van der Waals surface area contributed by atoms with Crippen LogP contribution >= 0.6 is 0 Å². The SMILES string of the molecule is O=C1C=CN=N1.[KH]. The second-order valence-corrected chi connectivity index (χ2v) is 0.869. The zero-order valence-electron chi connectivity index (χ0n) is 2.96. The molecule has 0 fully saturated rings. The normalized spacial score (nSPS) is 14.6. The van der Waals surface area contributed by atoms with E-state index in [4.69, 9.17) is 0 Å². The van der Waals surface area contributed by atoms with Gasteiger partial charge in [-0.1, -0.05) is 0 Å². The van der Waals surface area contributed by atoms with Crippen LogP contribution in [0, 0.1) is 0 Å². The van der Waals surface area contributed by atoms with Crippen LogP contribution in [0.3, 0.4) is 0 Å². The van der Waals surface area contributed by atoms with Gasteiger partial charge in [0.2, 0.25) is 0 Å². The molecule has 4 heteroatoms. The number of carbonyl (C=O) groups is 1.